The largest absolute Gasteiger partial charge is 0.396 e. The molecule has 0 aliphatic heterocycles. The van der Waals surface area contributed by atoms with Crippen molar-refractivity contribution in [2.45, 2.75) is 62.1 Å². The van der Waals surface area contributed by atoms with Crippen LogP contribution in [-0.2, 0) is 0 Å². The summed E-state index contributed by atoms with van der Waals surface area (Å²) in [5, 5.41) is 42.4. The lowest BCUT2D eigenvalue weighted by Gasteiger charge is -2.17. The van der Waals surface area contributed by atoms with E-state index in [0.717, 1.165) is 25.0 Å². The Morgan fingerprint density at radius 1 is 1.23 bits per heavy atom. The van der Waals surface area contributed by atoms with Gasteiger partial charge in [-0.05, 0) is 25.7 Å². The molecule has 142 valence electrons. The number of nitrogens with zero attached hydrogens (tertiary/aromatic N) is 5. The van der Waals surface area contributed by atoms with Crippen LogP contribution in [0.3, 0.4) is 0 Å². The Bertz CT molecular complexity index is 783. The Hall–Kier alpha value is -1.49. The SMILES string of the molecule is CCCSc1nc(NC2CC2)c2nnn(C3CC(CO)C(O)[C@H]3O)c2n1. The molecule has 0 spiro atoms. The van der Waals surface area contributed by atoms with E-state index in [1.165, 1.54) is 0 Å². The molecule has 4 atom stereocenters. The molecular weight excluding hydrogens is 356 g/mol. The predicted molar refractivity (Wildman–Crippen MR) is 97.0 cm³/mol. The molecule has 2 aliphatic carbocycles. The number of hydrogen-bond acceptors (Lipinski definition) is 9. The minimum atomic E-state index is -1.02. The van der Waals surface area contributed by atoms with Crippen molar-refractivity contribution in [3.63, 3.8) is 0 Å². The molecule has 3 unspecified atom stereocenters. The van der Waals surface area contributed by atoms with Gasteiger partial charge in [0.15, 0.2) is 22.1 Å². The standard InChI is InChI=1S/C16H24N6O3S/c1-2-5-26-16-18-14(17-9-3-4-9)11-15(19-16)22(21-20-11)10-6-8(7-23)12(24)13(10)25/h8-10,12-13,23-25H,2-7H2,1H3,(H,17,18,19)/t8?,10?,12?,13-/m0/s1. The van der Waals surface area contributed by atoms with Gasteiger partial charge in [-0.3, -0.25) is 0 Å². The highest BCUT2D eigenvalue weighted by Gasteiger charge is 2.43. The third-order valence-electron chi connectivity index (χ3n) is 4.98. The van der Waals surface area contributed by atoms with Gasteiger partial charge in [-0.15, -0.1) is 5.10 Å². The highest BCUT2D eigenvalue weighted by atomic mass is 32.2. The zero-order chi connectivity index (χ0) is 18.3. The fraction of sp³-hybridized carbons (Fsp3) is 0.750. The van der Waals surface area contributed by atoms with Gasteiger partial charge in [0, 0.05) is 24.3 Å². The van der Waals surface area contributed by atoms with Crippen molar-refractivity contribution in [1.29, 1.82) is 0 Å². The summed E-state index contributed by atoms with van der Waals surface area (Å²) in [6.07, 6.45) is 1.67. The molecule has 26 heavy (non-hydrogen) atoms. The second-order valence-corrected chi connectivity index (χ2v) is 8.12. The number of aliphatic hydroxyl groups is 3. The second kappa shape index (κ2) is 7.26. The summed E-state index contributed by atoms with van der Waals surface area (Å²) < 4.78 is 1.58. The minimum absolute atomic E-state index is 0.178. The molecule has 10 heteroatoms. The predicted octanol–water partition coefficient (Wildman–Crippen LogP) is 0.573. The Morgan fingerprint density at radius 3 is 2.69 bits per heavy atom. The number of aromatic nitrogens is 5. The maximum absolute atomic E-state index is 10.4. The molecule has 9 nitrogen and oxygen atoms in total. The first-order valence-electron chi connectivity index (χ1n) is 9.11. The summed E-state index contributed by atoms with van der Waals surface area (Å²) in [7, 11) is 0. The summed E-state index contributed by atoms with van der Waals surface area (Å²) in [5.74, 6) is 1.20. The van der Waals surface area contributed by atoms with Crippen LogP contribution >= 0.6 is 11.8 Å². The van der Waals surface area contributed by atoms with Crippen LogP contribution in [-0.4, -0.2) is 70.9 Å². The average molecular weight is 380 g/mol. The molecule has 0 radical (unpaired) electrons. The number of nitrogens with one attached hydrogen (secondary N) is 1. The van der Waals surface area contributed by atoms with Crippen LogP contribution in [0.25, 0.3) is 11.2 Å². The fourth-order valence-electron chi connectivity index (χ4n) is 3.34. The zero-order valence-electron chi connectivity index (χ0n) is 14.6. The van der Waals surface area contributed by atoms with Crippen molar-refractivity contribution in [3.8, 4) is 0 Å². The molecule has 2 saturated carbocycles. The monoisotopic (exact) mass is 380 g/mol. The molecular formula is C16H24N6O3S. The first-order chi connectivity index (χ1) is 12.6. The number of fused-ring (bicyclic) bond motifs is 1. The molecule has 2 heterocycles. The Labute approximate surface area is 155 Å². The van der Waals surface area contributed by atoms with E-state index in [1.54, 1.807) is 16.4 Å². The molecule has 2 aromatic rings. The van der Waals surface area contributed by atoms with E-state index < -0.39 is 18.2 Å². The van der Waals surface area contributed by atoms with Crippen molar-refractivity contribution in [2.24, 2.45) is 5.92 Å². The lowest BCUT2D eigenvalue weighted by atomic mass is 10.1. The van der Waals surface area contributed by atoms with Gasteiger partial charge >= 0.3 is 0 Å². The lowest BCUT2D eigenvalue weighted by molar-refractivity contribution is -0.00512. The quantitative estimate of drug-likeness (QED) is 0.402. The minimum Gasteiger partial charge on any atom is -0.396 e. The molecule has 2 fully saturated rings. The van der Waals surface area contributed by atoms with Gasteiger partial charge in [-0.2, -0.15) is 0 Å². The second-order valence-electron chi connectivity index (χ2n) is 7.05. The van der Waals surface area contributed by atoms with Gasteiger partial charge in [-0.1, -0.05) is 23.9 Å². The summed E-state index contributed by atoms with van der Waals surface area (Å²) >= 11 is 1.57. The van der Waals surface area contributed by atoms with Gasteiger partial charge < -0.3 is 20.6 Å². The third-order valence-corrected chi connectivity index (χ3v) is 6.03. The molecule has 0 amide bonds. The van der Waals surface area contributed by atoms with Crippen LogP contribution in [0.2, 0.25) is 0 Å². The number of hydrogen-bond donors (Lipinski definition) is 4. The first-order valence-corrected chi connectivity index (χ1v) is 10.1. The van der Waals surface area contributed by atoms with Gasteiger partial charge in [0.1, 0.15) is 6.10 Å². The van der Waals surface area contributed by atoms with Crippen LogP contribution in [0.5, 0.6) is 0 Å². The third kappa shape index (κ3) is 3.26. The molecule has 2 aliphatic rings. The summed E-state index contributed by atoms with van der Waals surface area (Å²) in [6.45, 7) is 1.93. The smallest absolute Gasteiger partial charge is 0.191 e. The highest BCUT2D eigenvalue weighted by Crippen LogP contribution is 2.37. The number of thioether (sulfide) groups is 1. The van der Waals surface area contributed by atoms with E-state index in [4.69, 9.17) is 0 Å². The van der Waals surface area contributed by atoms with E-state index >= 15 is 0 Å². The van der Waals surface area contributed by atoms with Crippen LogP contribution in [0.15, 0.2) is 5.16 Å². The van der Waals surface area contributed by atoms with Gasteiger partial charge in [-0.25, -0.2) is 14.6 Å². The number of rotatable bonds is 7. The normalized spacial score (nSPS) is 28.8. The van der Waals surface area contributed by atoms with E-state index in [1.807, 2.05) is 0 Å². The Kier molecular flexibility index (Phi) is 5.00. The van der Waals surface area contributed by atoms with Crippen molar-refractivity contribution >= 4 is 28.7 Å². The maximum atomic E-state index is 10.4. The number of aliphatic hydroxyl groups excluding tert-OH is 3. The van der Waals surface area contributed by atoms with Gasteiger partial charge in [0.2, 0.25) is 0 Å². The molecule has 0 aromatic carbocycles. The molecule has 4 rings (SSSR count). The van der Waals surface area contributed by atoms with Crippen molar-refractivity contribution in [1.82, 2.24) is 25.0 Å². The Balaban J connectivity index is 1.73. The Morgan fingerprint density at radius 2 is 2.04 bits per heavy atom. The molecule has 2 aromatic heterocycles. The summed E-state index contributed by atoms with van der Waals surface area (Å²) in [5.41, 5.74) is 1.13. The van der Waals surface area contributed by atoms with Crippen molar-refractivity contribution in [2.75, 3.05) is 17.7 Å². The van der Waals surface area contributed by atoms with Crippen molar-refractivity contribution < 1.29 is 15.3 Å². The van der Waals surface area contributed by atoms with Crippen LogP contribution in [0.4, 0.5) is 5.82 Å². The van der Waals surface area contributed by atoms with Crippen LogP contribution in [0, 0.1) is 5.92 Å². The topological polar surface area (TPSA) is 129 Å². The zero-order valence-corrected chi connectivity index (χ0v) is 15.4. The van der Waals surface area contributed by atoms with Crippen LogP contribution < -0.4 is 5.32 Å². The van der Waals surface area contributed by atoms with E-state index in [0.29, 0.717) is 34.6 Å². The maximum Gasteiger partial charge on any atom is 0.191 e. The highest BCUT2D eigenvalue weighted by molar-refractivity contribution is 7.99. The molecule has 0 bridgehead atoms. The summed E-state index contributed by atoms with van der Waals surface area (Å²) in [4.78, 5) is 9.21. The summed E-state index contributed by atoms with van der Waals surface area (Å²) in [6, 6.07) is -0.0558. The lowest BCUT2D eigenvalue weighted by Crippen LogP contribution is -2.30. The van der Waals surface area contributed by atoms with E-state index in [-0.39, 0.29) is 12.5 Å². The van der Waals surface area contributed by atoms with E-state index in [9.17, 15) is 15.3 Å². The van der Waals surface area contributed by atoms with Gasteiger partial charge in [0.25, 0.3) is 0 Å². The fourth-order valence-corrected chi connectivity index (χ4v) is 4.03. The average Bonchev–Trinajstić information content (AvgIpc) is 3.29. The number of anilines is 1. The molecule has 0 saturated heterocycles. The first kappa shape index (κ1) is 17.9. The van der Waals surface area contributed by atoms with Crippen LogP contribution in [0.1, 0.15) is 38.6 Å². The van der Waals surface area contributed by atoms with E-state index in [2.05, 4.69) is 32.5 Å². The van der Waals surface area contributed by atoms with Crippen molar-refractivity contribution in [3.05, 3.63) is 0 Å². The molecule has 4 N–H and O–H groups in total. The van der Waals surface area contributed by atoms with Gasteiger partial charge in [0.05, 0.1) is 12.1 Å².